The highest BCUT2D eigenvalue weighted by molar-refractivity contribution is 5.89. The van der Waals surface area contributed by atoms with E-state index in [4.69, 9.17) is 14.2 Å². The number of hydrogen-bond acceptors (Lipinski definition) is 6. The molecule has 1 fully saturated rings. The average Bonchev–Trinajstić information content (AvgIpc) is 2.61. The molecule has 1 amide bonds. The topological polar surface area (TPSA) is 82.1 Å². The van der Waals surface area contributed by atoms with E-state index in [0.717, 1.165) is 0 Å². The van der Waals surface area contributed by atoms with Crippen molar-refractivity contribution in [2.24, 2.45) is 5.92 Å². The van der Waals surface area contributed by atoms with Gasteiger partial charge in [0.2, 0.25) is 0 Å². The Hall–Kier alpha value is -2.57. The van der Waals surface area contributed by atoms with Crippen molar-refractivity contribution in [3.8, 4) is 5.75 Å². The SMILES string of the molecule is CCOC(=O)c1ccc(OC(=O)[C@H]2CCCN(C(=O)OC(C)(C)C)C2)cc1. The molecule has 1 aromatic rings. The van der Waals surface area contributed by atoms with E-state index >= 15 is 0 Å². The Morgan fingerprint density at radius 2 is 1.81 bits per heavy atom. The summed E-state index contributed by atoms with van der Waals surface area (Å²) in [6.45, 7) is 8.29. The molecule has 7 heteroatoms. The zero-order valence-corrected chi connectivity index (χ0v) is 16.3. The Morgan fingerprint density at radius 3 is 2.41 bits per heavy atom. The van der Waals surface area contributed by atoms with E-state index < -0.39 is 29.6 Å². The number of hydrogen-bond donors (Lipinski definition) is 0. The number of piperidine rings is 1. The molecule has 1 aliphatic rings. The van der Waals surface area contributed by atoms with Crippen molar-refractivity contribution in [2.75, 3.05) is 19.7 Å². The van der Waals surface area contributed by atoms with Crippen molar-refractivity contribution in [2.45, 2.75) is 46.1 Å². The molecule has 0 aliphatic carbocycles. The fourth-order valence-electron chi connectivity index (χ4n) is 2.73. The van der Waals surface area contributed by atoms with Crippen LogP contribution in [0.15, 0.2) is 24.3 Å². The van der Waals surface area contributed by atoms with E-state index in [-0.39, 0.29) is 6.54 Å². The van der Waals surface area contributed by atoms with E-state index in [1.165, 1.54) is 0 Å². The van der Waals surface area contributed by atoms with Gasteiger partial charge in [-0.15, -0.1) is 0 Å². The maximum atomic E-state index is 12.4. The van der Waals surface area contributed by atoms with E-state index in [1.54, 1.807) is 56.9 Å². The zero-order valence-electron chi connectivity index (χ0n) is 16.3. The van der Waals surface area contributed by atoms with Crippen LogP contribution in [0.25, 0.3) is 0 Å². The standard InChI is InChI=1S/C20H27NO6/c1-5-25-17(22)14-8-10-16(11-9-14)26-18(23)15-7-6-12-21(13-15)19(24)27-20(2,3)4/h8-11,15H,5-7,12-13H2,1-4H3/t15-/m0/s1. The first kappa shape index (κ1) is 20.7. The van der Waals surface area contributed by atoms with Crippen LogP contribution in [0.2, 0.25) is 0 Å². The maximum Gasteiger partial charge on any atom is 0.410 e. The molecule has 0 unspecified atom stereocenters. The fraction of sp³-hybridized carbons (Fsp3) is 0.550. The molecule has 27 heavy (non-hydrogen) atoms. The number of esters is 2. The Balaban J connectivity index is 1.93. The van der Waals surface area contributed by atoms with Gasteiger partial charge in [-0.25, -0.2) is 9.59 Å². The number of likely N-dealkylation sites (tertiary alicyclic amines) is 1. The van der Waals surface area contributed by atoms with Gasteiger partial charge in [0.15, 0.2) is 0 Å². The number of ether oxygens (including phenoxy) is 3. The van der Waals surface area contributed by atoms with Crippen molar-refractivity contribution in [3.05, 3.63) is 29.8 Å². The van der Waals surface area contributed by atoms with Crippen LogP contribution in [-0.2, 0) is 14.3 Å². The average molecular weight is 377 g/mol. The van der Waals surface area contributed by atoms with Crippen LogP contribution in [0.1, 0.15) is 50.9 Å². The van der Waals surface area contributed by atoms with Gasteiger partial charge in [0.25, 0.3) is 0 Å². The largest absolute Gasteiger partial charge is 0.462 e. The van der Waals surface area contributed by atoms with E-state index in [9.17, 15) is 14.4 Å². The Kier molecular flexibility index (Phi) is 6.82. The highest BCUT2D eigenvalue weighted by atomic mass is 16.6. The van der Waals surface area contributed by atoms with Gasteiger partial charge in [-0.3, -0.25) is 4.79 Å². The normalized spacial score (nSPS) is 17.2. The van der Waals surface area contributed by atoms with Crippen LogP contribution in [0, 0.1) is 5.92 Å². The minimum absolute atomic E-state index is 0.272. The molecule has 1 heterocycles. The fourth-order valence-corrected chi connectivity index (χ4v) is 2.73. The molecule has 7 nitrogen and oxygen atoms in total. The summed E-state index contributed by atoms with van der Waals surface area (Å²) in [6, 6.07) is 6.21. The minimum atomic E-state index is -0.578. The quantitative estimate of drug-likeness (QED) is 0.591. The summed E-state index contributed by atoms with van der Waals surface area (Å²) >= 11 is 0. The summed E-state index contributed by atoms with van der Waals surface area (Å²) in [5.74, 6) is -0.874. The summed E-state index contributed by atoms with van der Waals surface area (Å²) in [7, 11) is 0. The molecule has 1 aromatic carbocycles. The highest BCUT2D eigenvalue weighted by Crippen LogP contribution is 2.22. The van der Waals surface area contributed by atoms with Crippen molar-refractivity contribution >= 4 is 18.0 Å². The van der Waals surface area contributed by atoms with Gasteiger partial charge in [-0.1, -0.05) is 0 Å². The smallest absolute Gasteiger partial charge is 0.410 e. The minimum Gasteiger partial charge on any atom is -0.462 e. The van der Waals surface area contributed by atoms with Crippen LogP contribution in [0.5, 0.6) is 5.75 Å². The van der Waals surface area contributed by atoms with Crippen LogP contribution in [0.4, 0.5) is 4.79 Å². The van der Waals surface area contributed by atoms with Crippen LogP contribution in [0.3, 0.4) is 0 Å². The lowest BCUT2D eigenvalue weighted by Crippen LogP contribution is -2.45. The molecule has 0 aromatic heterocycles. The van der Waals surface area contributed by atoms with Gasteiger partial charge >= 0.3 is 18.0 Å². The van der Waals surface area contributed by atoms with Gasteiger partial charge in [-0.05, 0) is 64.8 Å². The van der Waals surface area contributed by atoms with Gasteiger partial charge < -0.3 is 19.1 Å². The molecule has 1 atom stereocenters. The molecule has 0 bridgehead atoms. The van der Waals surface area contributed by atoms with Crippen LogP contribution in [-0.4, -0.2) is 48.2 Å². The number of carbonyl (C=O) groups is 3. The van der Waals surface area contributed by atoms with Crippen molar-refractivity contribution in [1.29, 1.82) is 0 Å². The second kappa shape index (κ2) is 8.88. The third-order valence-corrected chi connectivity index (χ3v) is 3.99. The first-order chi connectivity index (χ1) is 12.7. The summed E-state index contributed by atoms with van der Waals surface area (Å²) in [4.78, 5) is 37.8. The number of benzene rings is 1. The van der Waals surface area contributed by atoms with E-state index in [2.05, 4.69) is 0 Å². The molecule has 0 spiro atoms. The second-order valence-corrected chi connectivity index (χ2v) is 7.43. The Labute approximate surface area is 159 Å². The lowest BCUT2D eigenvalue weighted by atomic mass is 9.98. The molecule has 0 radical (unpaired) electrons. The molecule has 0 N–H and O–H groups in total. The van der Waals surface area contributed by atoms with Gasteiger partial charge in [0.05, 0.1) is 18.1 Å². The number of amides is 1. The molecule has 1 saturated heterocycles. The third kappa shape index (κ3) is 6.27. The van der Waals surface area contributed by atoms with E-state index in [0.29, 0.717) is 37.3 Å². The summed E-state index contributed by atoms with van der Waals surface area (Å²) in [6.07, 6.45) is 0.943. The second-order valence-electron chi connectivity index (χ2n) is 7.43. The van der Waals surface area contributed by atoms with Crippen molar-refractivity contribution in [3.63, 3.8) is 0 Å². The van der Waals surface area contributed by atoms with Crippen LogP contribution < -0.4 is 4.74 Å². The molecule has 148 valence electrons. The molecule has 1 aliphatic heterocycles. The predicted octanol–water partition coefficient (Wildman–Crippen LogP) is 3.42. The van der Waals surface area contributed by atoms with Gasteiger partial charge in [-0.2, -0.15) is 0 Å². The number of nitrogens with zero attached hydrogens (tertiary/aromatic N) is 1. The van der Waals surface area contributed by atoms with Crippen LogP contribution >= 0.6 is 0 Å². The zero-order chi connectivity index (χ0) is 20.0. The number of carbonyl (C=O) groups excluding carboxylic acids is 3. The Bertz CT molecular complexity index is 677. The van der Waals surface area contributed by atoms with Gasteiger partial charge in [0, 0.05) is 13.1 Å². The van der Waals surface area contributed by atoms with Gasteiger partial charge in [0.1, 0.15) is 11.4 Å². The summed E-state index contributed by atoms with van der Waals surface area (Å²) < 4.78 is 15.7. The summed E-state index contributed by atoms with van der Waals surface area (Å²) in [5, 5.41) is 0. The Morgan fingerprint density at radius 1 is 1.15 bits per heavy atom. The third-order valence-electron chi connectivity index (χ3n) is 3.99. The maximum absolute atomic E-state index is 12.4. The molecule has 0 saturated carbocycles. The number of rotatable bonds is 4. The lowest BCUT2D eigenvalue weighted by molar-refractivity contribution is -0.140. The first-order valence-electron chi connectivity index (χ1n) is 9.16. The first-order valence-corrected chi connectivity index (χ1v) is 9.16. The van der Waals surface area contributed by atoms with E-state index in [1.807, 2.05) is 0 Å². The molecule has 2 rings (SSSR count). The highest BCUT2D eigenvalue weighted by Gasteiger charge is 2.32. The molecular formula is C20H27NO6. The predicted molar refractivity (Wildman–Crippen MR) is 98.6 cm³/mol. The molecular weight excluding hydrogens is 350 g/mol. The monoisotopic (exact) mass is 377 g/mol. The summed E-state index contributed by atoms with van der Waals surface area (Å²) in [5.41, 5.74) is -0.184. The van der Waals surface area contributed by atoms with Crippen molar-refractivity contribution in [1.82, 2.24) is 4.90 Å². The van der Waals surface area contributed by atoms with Crippen molar-refractivity contribution < 1.29 is 28.6 Å². The lowest BCUT2D eigenvalue weighted by Gasteiger charge is -2.33.